The maximum absolute atomic E-state index is 9.80. The molecule has 84 valence electrons. The molecule has 1 fully saturated rings. The van der Waals surface area contributed by atoms with Gasteiger partial charge in [0.05, 0.1) is 6.10 Å². The van der Waals surface area contributed by atoms with Crippen molar-refractivity contribution in [1.82, 2.24) is 4.90 Å². The molecule has 1 saturated carbocycles. The number of aliphatic hydroxyl groups excluding tert-OH is 2. The van der Waals surface area contributed by atoms with Crippen LogP contribution in [0.15, 0.2) is 0 Å². The average Bonchev–Trinajstić information content (AvgIpc) is 2.52. The largest absolute Gasteiger partial charge is 0.396 e. The molecule has 14 heavy (non-hydrogen) atoms. The Balaban J connectivity index is 2.48. The first kappa shape index (κ1) is 12.0. The Hall–Kier alpha value is -0.120. The van der Waals surface area contributed by atoms with E-state index < -0.39 is 0 Å². The fourth-order valence-corrected chi connectivity index (χ4v) is 2.37. The van der Waals surface area contributed by atoms with Gasteiger partial charge in [-0.15, -0.1) is 0 Å². The highest BCUT2D eigenvalue weighted by Gasteiger charge is 2.31. The van der Waals surface area contributed by atoms with Crippen LogP contribution >= 0.6 is 0 Å². The van der Waals surface area contributed by atoms with Gasteiger partial charge in [0, 0.05) is 25.2 Å². The lowest BCUT2D eigenvalue weighted by atomic mass is 10.1. The Bertz CT molecular complexity index is 161. The summed E-state index contributed by atoms with van der Waals surface area (Å²) >= 11 is 0. The molecule has 3 nitrogen and oxygen atoms in total. The number of rotatable bonds is 5. The first-order chi connectivity index (χ1) is 6.66. The van der Waals surface area contributed by atoms with E-state index in [4.69, 9.17) is 5.11 Å². The van der Waals surface area contributed by atoms with Crippen LogP contribution in [0.25, 0.3) is 0 Å². The van der Waals surface area contributed by atoms with E-state index >= 15 is 0 Å². The van der Waals surface area contributed by atoms with Crippen LogP contribution in [0.4, 0.5) is 0 Å². The summed E-state index contributed by atoms with van der Waals surface area (Å²) in [5.74, 6) is 0. The van der Waals surface area contributed by atoms with Gasteiger partial charge in [-0.25, -0.2) is 0 Å². The van der Waals surface area contributed by atoms with Gasteiger partial charge in [0.15, 0.2) is 0 Å². The predicted molar refractivity (Wildman–Crippen MR) is 57.2 cm³/mol. The van der Waals surface area contributed by atoms with Crippen molar-refractivity contribution in [2.24, 2.45) is 0 Å². The van der Waals surface area contributed by atoms with Crippen LogP contribution < -0.4 is 0 Å². The van der Waals surface area contributed by atoms with Crippen molar-refractivity contribution < 1.29 is 10.2 Å². The van der Waals surface area contributed by atoms with Crippen molar-refractivity contribution in [3.8, 4) is 0 Å². The lowest BCUT2D eigenvalue weighted by Gasteiger charge is -2.34. The Morgan fingerprint density at radius 3 is 2.50 bits per heavy atom. The van der Waals surface area contributed by atoms with Crippen molar-refractivity contribution in [3.63, 3.8) is 0 Å². The minimum absolute atomic E-state index is 0.156. The molecule has 0 heterocycles. The quantitative estimate of drug-likeness (QED) is 0.697. The van der Waals surface area contributed by atoms with Gasteiger partial charge in [-0.1, -0.05) is 0 Å². The van der Waals surface area contributed by atoms with Gasteiger partial charge in [-0.05, 0) is 39.5 Å². The van der Waals surface area contributed by atoms with Gasteiger partial charge >= 0.3 is 0 Å². The molecule has 0 aliphatic heterocycles. The first-order valence-corrected chi connectivity index (χ1v) is 5.71. The molecule has 0 radical (unpaired) electrons. The van der Waals surface area contributed by atoms with E-state index in [1.165, 1.54) is 0 Å². The SMILES string of the molecule is CC(C)N(CCCO)[C@@H]1CCC[C@H]1O. The standard InChI is InChI=1S/C11H23NO2/c1-9(2)12(7-4-8-13)10-5-3-6-11(10)14/h9-11,13-14H,3-8H2,1-2H3/t10-,11-/m1/s1. The van der Waals surface area contributed by atoms with Crippen LogP contribution in [0.2, 0.25) is 0 Å². The second kappa shape index (κ2) is 5.69. The van der Waals surface area contributed by atoms with E-state index in [1.54, 1.807) is 0 Å². The second-order valence-electron chi connectivity index (χ2n) is 4.47. The van der Waals surface area contributed by atoms with Crippen molar-refractivity contribution in [1.29, 1.82) is 0 Å². The van der Waals surface area contributed by atoms with Gasteiger partial charge < -0.3 is 10.2 Å². The fourth-order valence-electron chi connectivity index (χ4n) is 2.37. The molecule has 0 spiro atoms. The minimum atomic E-state index is -0.156. The highest BCUT2D eigenvalue weighted by Crippen LogP contribution is 2.25. The average molecular weight is 201 g/mol. The monoisotopic (exact) mass is 201 g/mol. The zero-order chi connectivity index (χ0) is 10.6. The van der Waals surface area contributed by atoms with Crippen LogP contribution in [0, 0.1) is 0 Å². The Kier molecular flexibility index (Phi) is 4.85. The first-order valence-electron chi connectivity index (χ1n) is 5.71. The Morgan fingerprint density at radius 1 is 1.36 bits per heavy atom. The Morgan fingerprint density at radius 2 is 2.07 bits per heavy atom. The number of aliphatic hydroxyl groups is 2. The van der Waals surface area contributed by atoms with Gasteiger partial charge in [-0.3, -0.25) is 4.90 Å². The molecular formula is C11H23NO2. The molecule has 0 aromatic heterocycles. The van der Waals surface area contributed by atoms with Crippen molar-refractivity contribution in [2.75, 3.05) is 13.2 Å². The van der Waals surface area contributed by atoms with E-state index in [2.05, 4.69) is 18.7 Å². The summed E-state index contributed by atoms with van der Waals surface area (Å²) in [5.41, 5.74) is 0. The molecule has 2 atom stereocenters. The lowest BCUT2D eigenvalue weighted by molar-refractivity contribution is 0.0477. The van der Waals surface area contributed by atoms with Crippen LogP contribution in [-0.4, -0.2) is 46.5 Å². The summed E-state index contributed by atoms with van der Waals surface area (Å²) in [5, 5.41) is 18.6. The summed E-state index contributed by atoms with van der Waals surface area (Å²) in [4.78, 5) is 2.33. The predicted octanol–water partition coefficient (Wildman–Crippen LogP) is 0.993. The van der Waals surface area contributed by atoms with Crippen LogP contribution in [0.3, 0.4) is 0 Å². The highest BCUT2D eigenvalue weighted by atomic mass is 16.3. The van der Waals surface area contributed by atoms with Crippen molar-refractivity contribution >= 4 is 0 Å². The summed E-state index contributed by atoms with van der Waals surface area (Å²) in [6, 6.07) is 0.779. The third kappa shape index (κ3) is 2.94. The van der Waals surface area contributed by atoms with Gasteiger partial charge in [-0.2, -0.15) is 0 Å². The molecule has 3 heteroatoms. The van der Waals surface area contributed by atoms with Crippen LogP contribution in [0.5, 0.6) is 0 Å². The molecule has 0 bridgehead atoms. The third-order valence-corrected chi connectivity index (χ3v) is 3.11. The molecule has 1 aliphatic rings. The van der Waals surface area contributed by atoms with E-state index in [-0.39, 0.29) is 12.7 Å². The third-order valence-electron chi connectivity index (χ3n) is 3.11. The molecule has 0 aromatic carbocycles. The van der Waals surface area contributed by atoms with E-state index in [9.17, 15) is 5.11 Å². The molecule has 1 rings (SSSR count). The van der Waals surface area contributed by atoms with E-state index in [0.29, 0.717) is 12.1 Å². The summed E-state index contributed by atoms with van der Waals surface area (Å²) in [6.45, 7) is 5.45. The molecule has 0 amide bonds. The summed E-state index contributed by atoms with van der Waals surface area (Å²) in [6.07, 6.45) is 3.82. The molecule has 0 aromatic rings. The normalized spacial score (nSPS) is 27.9. The van der Waals surface area contributed by atoms with Gasteiger partial charge in [0.25, 0.3) is 0 Å². The maximum atomic E-state index is 9.80. The number of hydrogen-bond acceptors (Lipinski definition) is 3. The smallest absolute Gasteiger partial charge is 0.0695 e. The Labute approximate surface area is 86.7 Å². The van der Waals surface area contributed by atoms with Crippen LogP contribution in [-0.2, 0) is 0 Å². The lowest BCUT2D eigenvalue weighted by Crippen LogP contribution is -2.45. The van der Waals surface area contributed by atoms with Crippen LogP contribution in [0.1, 0.15) is 39.5 Å². The summed E-state index contributed by atoms with van der Waals surface area (Å²) < 4.78 is 0. The molecule has 0 unspecified atom stereocenters. The minimum Gasteiger partial charge on any atom is -0.396 e. The molecule has 0 saturated heterocycles. The van der Waals surface area contributed by atoms with Gasteiger partial charge in [0.2, 0.25) is 0 Å². The summed E-state index contributed by atoms with van der Waals surface area (Å²) in [7, 11) is 0. The maximum Gasteiger partial charge on any atom is 0.0695 e. The topological polar surface area (TPSA) is 43.7 Å². The van der Waals surface area contributed by atoms with E-state index in [0.717, 1.165) is 32.2 Å². The fraction of sp³-hybridized carbons (Fsp3) is 1.00. The van der Waals surface area contributed by atoms with Gasteiger partial charge in [0.1, 0.15) is 0 Å². The number of hydrogen-bond donors (Lipinski definition) is 2. The van der Waals surface area contributed by atoms with Crippen molar-refractivity contribution in [3.05, 3.63) is 0 Å². The second-order valence-corrected chi connectivity index (χ2v) is 4.47. The number of nitrogens with zero attached hydrogens (tertiary/aromatic N) is 1. The highest BCUT2D eigenvalue weighted by molar-refractivity contribution is 4.86. The molecular weight excluding hydrogens is 178 g/mol. The zero-order valence-corrected chi connectivity index (χ0v) is 9.32. The molecule has 1 aliphatic carbocycles. The van der Waals surface area contributed by atoms with Crippen molar-refractivity contribution in [2.45, 2.75) is 57.7 Å². The molecule has 2 N–H and O–H groups in total. The van der Waals surface area contributed by atoms with E-state index in [1.807, 2.05) is 0 Å². The zero-order valence-electron chi connectivity index (χ0n) is 9.32.